The van der Waals surface area contributed by atoms with Crippen LogP contribution < -0.4 is 10.9 Å². The van der Waals surface area contributed by atoms with E-state index in [9.17, 15) is 9.59 Å². The number of hydrogen-bond donors (Lipinski definition) is 1. The van der Waals surface area contributed by atoms with Crippen molar-refractivity contribution in [2.45, 2.75) is 13.5 Å². The summed E-state index contributed by atoms with van der Waals surface area (Å²) >= 11 is 0. The summed E-state index contributed by atoms with van der Waals surface area (Å²) in [7, 11) is 1.56. The van der Waals surface area contributed by atoms with Crippen LogP contribution in [0.2, 0.25) is 0 Å². The minimum Gasteiger partial charge on any atom is -0.449 e. The number of furan rings is 1. The van der Waals surface area contributed by atoms with Crippen LogP contribution in [-0.4, -0.2) is 29.2 Å². The molecule has 3 aromatic heterocycles. The Morgan fingerprint density at radius 3 is 2.96 bits per heavy atom. The Labute approximate surface area is 137 Å². The lowest BCUT2D eigenvalue weighted by Crippen LogP contribution is -2.22. The van der Waals surface area contributed by atoms with Crippen molar-refractivity contribution in [2.24, 2.45) is 0 Å². The summed E-state index contributed by atoms with van der Waals surface area (Å²) in [6, 6.07) is 8.14. The molecule has 0 atom stereocenters. The molecule has 0 aliphatic rings. The largest absolute Gasteiger partial charge is 0.449 e. The first-order valence-electron chi connectivity index (χ1n) is 7.45. The van der Waals surface area contributed by atoms with Gasteiger partial charge in [0, 0.05) is 37.7 Å². The smallest absolute Gasteiger partial charge is 0.291 e. The highest BCUT2D eigenvalue weighted by Crippen LogP contribution is 2.19. The van der Waals surface area contributed by atoms with E-state index in [1.165, 1.54) is 10.6 Å². The molecule has 0 aliphatic carbocycles. The number of aromatic nitrogens is 2. The van der Waals surface area contributed by atoms with Gasteiger partial charge in [0.2, 0.25) is 0 Å². The molecule has 3 rings (SSSR count). The highest BCUT2D eigenvalue weighted by molar-refractivity contribution is 6.04. The Bertz CT molecular complexity index is 942. The molecule has 0 aliphatic heterocycles. The number of ether oxygens (including phenoxy) is 1. The minimum atomic E-state index is -0.400. The fourth-order valence-electron chi connectivity index (χ4n) is 2.30. The number of anilines is 1. The molecule has 0 unspecified atom stereocenters. The predicted molar refractivity (Wildman–Crippen MR) is 89.3 cm³/mol. The van der Waals surface area contributed by atoms with Gasteiger partial charge in [0.15, 0.2) is 11.3 Å². The van der Waals surface area contributed by atoms with Crippen LogP contribution in [0.5, 0.6) is 0 Å². The van der Waals surface area contributed by atoms with Crippen LogP contribution in [0.3, 0.4) is 0 Å². The van der Waals surface area contributed by atoms with E-state index in [0.29, 0.717) is 29.9 Å². The molecule has 7 heteroatoms. The van der Waals surface area contributed by atoms with E-state index in [2.05, 4.69) is 10.3 Å². The van der Waals surface area contributed by atoms with Crippen LogP contribution in [0, 0.1) is 6.92 Å². The number of aryl methyl sites for hydroxylation is 1. The molecule has 124 valence electrons. The van der Waals surface area contributed by atoms with Crippen molar-refractivity contribution < 1.29 is 13.9 Å². The van der Waals surface area contributed by atoms with Crippen LogP contribution >= 0.6 is 0 Å². The average molecular weight is 327 g/mol. The summed E-state index contributed by atoms with van der Waals surface area (Å²) in [5.41, 5.74) is 2.37. The van der Waals surface area contributed by atoms with Crippen LogP contribution in [0.25, 0.3) is 11.1 Å². The van der Waals surface area contributed by atoms with Gasteiger partial charge in [-0.05, 0) is 25.1 Å². The highest BCUT2D eigenvalue weighted by Gasteiger charge is 2.14. The van der Waals surface area contributed by atoms with E-state index in [0.717, 1.165) is 5.69 Å². The number of rotatable bonds is 5. The Hall–Kier alpha value is -2.93. The monoisotopic (exact) mass is 327 g/mol. The maximum absolute atomic E-state index is 12.3. The zero-order valence-corrected chi connectivity index (χ0v) is 13.4. The molecule has 3 aromatic rings. The first-order chi connectivity index (χ1) is 11.6. The second-order valence-electron chi connectivity index (χ2n) is 5.34. The third-order valence-electron chi connectivity index (χ3n) is 3.51. The number of pyridine rings is 2. The maximum atomic E-state index is 12.3. The van der Waals surface area contributed by atoms with E-state index >= 15 is 0 Å². The first-order valence-corrected chi connectivity index (χ1v) is 7.45. The van der Waals surface area contributed by atoms with Crippen LogP contribution in [0.1, 0.15) is 16.2 Å². The van der Waals surface area contributed by atoms with Crippen molar-refractivity contribution in [3.8, 4) is 0 Å². The van der Waals surface area contributed by atoms with Crippen molar-refractivity contribution in [2.75, 3.05) is 19.0 Å². The third-order valence-corrected chi connectivity index (χ3v) is 3.51. The zero-order chi connectivity index (χ0) is 17.1. The minimum absolute atomic E-state index is 0.159. The van der Waals surface area contributed by atoms with E-state index in [-0.39, 0.29) is 11.3 Å². The maximum Gasteiger partial charge on any atom is 0.291 e. The molecular weight excluding hydrogens is 310 g/mol. The molecule has 0 spiro atoms. The molecule has 0 fully saturated rings. The summed E-state index contributed by atoms with van der Waals surface area (Å²) in [5.74, 6) is -0.236. The Morgan fingerprint density at radius 1 is 1.33 bits per heavy atom. The summed E-state index contributed by atoms with van der Waals surface area (Å²) in [6.07, 6.45) is 1.57. The Balaban J connectivity index is 1.81. The van der Waals surface area contributed by atoms with Gasteiger partial charge in [-0.25, -0.2) is 4.98 Å². The Morgan fingerprint density at radius 2 is 2.17 bits per heavy atom. The summed E-state index contributed by atoms with van der Waals surface area (Å²) in [5, 5.41) is 2.72. The van der Waals surface area contributed by atoms with E-state index in [1.807, 2.05) is 13.0 Å². The van der Waals surface area contributed by atoms with E-state index in [4.69, 9.17) is 9.15 Å². The van der Waals surface area contributed by atoms with Gasteiger partial charge in [-0.2, -0.15) is 0 Å². The molecule has 0 saturated heterocycles. The molecule has 0 bridgehead atoms. The highest BCUT2D eigenvalue weighted by atomic mass is 16.5. The van der Waals surface area contributed by atoms with E-state index in [1.54, 1.807) is 31.5 Å². The lowest BCUT2D eigenvalue weighted by atomic mass is 10.3. The predicted octanol–water partition coefficient (Wildman–Crippen LogP) is 2.20. The molecule has 24 heavy (non-hydrogen) atoms. The molecule has 7 nitrogen and oxygen atoms in total. The normalized spacial score (nSPS) is 10.9. The topological polar surface area (TPSA) is 86.4 Å². The van der Waals surface area contributed by atoms with Gasteiger partial charge < -0.3 is 19.0 Å². The van der Waals surface area contributed by atoms with Crippen molar-refractivity contribution >= 4 is 22.7 Å². The molecule has 0 aromatic carbocycles. The number of hydrogen-bond acceptors (Lipinski definition) is 5. The average Bonchev–Trinajstić information content (AvgIpc) is 2.98. The molecule has 3 heterocycles. The number of fused-ring (bicyclic) bond motifs is 1. The van der Waals surface area contributed by atoms with Gasteiger partial charge in [-0.1, -0.05) is 0 Å². The van der Waals surface area contributed by atoms with Gasteiger partial charge in [0.25, 0.3) is 11.5 Å². The van der Waals surface area contributed by atoms with Gasteiger partial charge >= 0.3 is 0 Å². The molecule has 0 radical (unpaired) electrons. The van der Waals surface area contributed by atoms with Crippen LogP contribution in [-0.2, 0) is 11.3 Å². The van der Waals surface area contributed by atoms with Gasteiger partial charge in [0.05, 0.1) is 12.3 Å². The lowest BCUT2D eigenvalue weighted by Gasteiger charge is -2.08. The zero-order valence-electron chi connectivity index (χ0n) is 13.4. The van der Waals surface area contributed by atoms with Crippen molar-refractivity contribution in [3.63, 3.8) is 0 Å². The quantitative estimate of drug-likeness (QED) is 0.776. The fourth-order valence-corrected chi connectivity index (χ4v) is 2.30. The summed E-state index contributed by atoms with van der Waals surface area (Å²) in [4.78, 5) is 28.4. The van der Waals surface area contributed by atoms with Crippen LogP contribution in [0.4, 0.5) is 5.69 Å². The van der Waals surface area contributed by atoms with E-state index < -0.39 is 5.91 Å². The van der Waals surface area contributed by atoms with Gasteiger partial charge in [-0.3, -0.25) is 9.59 Å². The summed E-state index contributed by atoms with van der Waals surface area (Å²) in [6.45, 7) is 2.69. The third kappa shape index (κ3) is 3.36. The molecule has 0 saturated carbocycles. The molecular formula is C17H17N3O4. The number of amides is 1. The van der Waals surface area contributed by atoms with Crippen molar-refractivity contribution in [1.82, 2.24) is 9.55 Å². The van der Waals surface area contributed by atoms with Gasteiger partial charge in [-0.15, -0.1) is 0 Å². The first kappa shape index (κ1) is 15.9. The van der Waals surface area contributed by atoms with Crippen LogP contribution in [0.15, 0.2) is 45.7 Å². The lowest BCUT2D eigenvalue weighted by molar-refractivity contribution is 0.0998. The SMILES string of the molecule is COCCn1cc(NC(=O)c2cc3nc(C)ccc3o2)ccc1=O. The standard InChI is InChI=1S/C17H17N3O4/c1-11-3-5-14-13(18-11)9-15(24-14)17(22)19-12-4-6-16(21)20(10-12)7-8-23-2/h3-6,9-10H,7-8H2,1-2H3,(H,19,22). The van der Waals surface area contributed by atoms with Crippen molar-refractivity contribution in [3.05, 3.63) is 58.3 Å². The molecule has 1 N–H and O–H groups in total. The number of carbonyl (C=O) groups is 1. The van der Waals surface area contributed by atoms with Crippen molar-refractivity contribution in [1.29, 1.82) is 0 Å². The van der Waals surface area contributed by atoms with Gasteiger partial charge in [0.1, 0.15) is 5.52 Å². The number of methoxy groups -OCH3 is 1. The summed E-state index contributed by atoms with van der Waals surface area (Å²) < 4.78 is 12.0. The number of nitrogens with one attached hydrogen (secondary N) is 1. The second kappa shape index (κ2) is 6.67. The number of nitrogens with zero attached hydrogens (tertiary/aromatic N) is 2. The fraction of sp³-hybridized carbons (Fsp3) is 0.235. The Kier molecular flexibility index (Phi) is 4.43. The molecule has 1 amide bonds. The second-order valence-corrected chi connectivity index (χ2v) is 5.34. The number of carbonyl (C=O) groups excluding carboxylic acids is 1.